The first kappa shape index (κ1) is 16.6. The fourth-order valence-corrected chi connectivity index (χ4v) is 3.50. The summed E-state index contributed by atoms with van der Waals surface area (Å²) in [6.45, 7) is 4.28. The van der Waals surface area contributed by atoms with Gasteiger partial charge in [0, 0.05) is 5.56 Å². The first-order valence-electron chi connectivity index (χ1n) is 6.05. The van der Waals surface area contributed by atoms with Crippen LogP contribution in [0.2, 0.25) is 0 Å². The summed E-state index contributed by atoms with van der Waals surface area (Å²) in [6.07, 6.45) is -2.93. The molecule has 0 bridgehead atoms. The van der Waals surface area contributed by atoms with Crippen LogP contribution in [0.1, 0.15) is 48.7 Å². The van der Waals surface area contributed by atoms with Gasteiger partial charge in [0.1, 0.15) is 0 Å². The lowest BCUT2D eigenvalue weighted by Gasteiger charge is -2.18. The molecule has 0 amide bonds. The largest absolute Gasteiger partial charge is 0.478 e. The van der Waals surface area contributed by atoms with Crippen LogP contribution in [0.25, 0.3) is 0 Å². The van der Waals surface area contributed by atoms with Gasteiger partial charge >= 0.3 is 5.97 Å². The third-order valence-corrected chi connectivity index (χ3v) is 5.31. The van der Waals surface area contributed by atoms with Crippen molar-refractivity contribution in [3.63, 3.8) is 0 Å². The van der Waals surface area contributed by atoms with Gasteiger partial charge in [-0.1, -0.05) is 13.0 Å². The predicted octanol–water partition coefficient (Wildman–Crippen LogP) is 3.07. The number of carboxylic acid groups (broad SMARTS) is 1. The predicted molar refractivity (Wildman–Crippen MR) is 70.1 cm³/mol. The molecule has 1 N–H and O–H groups in total. The number of carboxylic acids is 1. The third kappa shape index (κ3) is 2.82. The molecule has 0 aliphatic carbocycles. The maximum absolute atomic E-state index is 13.1. The minimum Gasteiger partial charge on any atom is -0.478 e. The summed E-state index contributed by atoms with van der Waals surface area (Å²) >= 11 is 0. The summed E-state index contributed by atoms with van der Waals surface area (Å²) in [5, 5.41) is 8.16. The molecule has 0 heterocycles. The molecule has 1 rings (SSSR count). The standard InChI is InChI=1S/C13H16F2O4S/c1-4-8-9(13(16)17)5-6-10(12(14)15)11(8)20(18,19)7(2)3/h5-7,12H,4H2,1-3H3,(H,16,17). The average molecular weight is 306 g/mol. The second-order valence-corrected chi connectivity index (χ2v) is 7.00. The molecule has 0 aromatic heterocycles. The Balaban J connectivity index is 3.85. The molecule has 1 aromatic carbocycles. The summed E-state index contributed by atoms with van der Waals surface area (Å²) in [7, 11) is -3.99. The van der Waals surface area contributed by atoms with Gasteiger partial charge in [0.25, 0.3) is 6.43 Å². The zero-order valence-corrected chi connectivity index (χ0v) is 12.2. The smallest absolute Gasteiger partial charge is 0.336 e. The maximum Gasteiger partial charge on any atom is 0.336 e. The number of benzene rings is 1. The highest BCUT2D eigenvalue weighted by Crippen LogP contribution is 2.34. The average Bonchev–Trinajstić information content (AvgIpc) is 2.36. The Morgan fingerprint density at radius 3 is 2.20 bits per heavy atom. The highest BCUT2D eigenvalue weighted by Gasteiger charge is 2.31. The topological polar surface area (TPSA) is 71.4 Å². The summed E-state index contributed by atoms with van der Waals surface area (Å²) in [5.74, 6) is -1.33. The number of alkyl halides is 2. The lowest BCUT2D eigenvalue weighted by atomic mass is 10.0. The van der Waals surface area contributed by atoms with Gasteiger partial charge in [-0.3, -0.25) is 0 Å². The molecule has 0 spiro atoms. The van der Waals surface area contributed by atoms with Crippen molar-refractivity contribution in [3.05, 3.63) is 28.8 Å². The summed E-state index contributed by atoms with van der Waals surface area (Å²) in [4.78, 5) is 10.6. The van der Waals surface area contributed by atoms with Gasteiger partial charge in [-0.25, -0.2) is 22.0 Å². The molecule has 0 radical (unpaired) electrons. The summed E-state index contributed by atoms with van der Waals surface area (Å²) in [5.41, 5.74) is -0.958. The molecule has 0 fully saturated rings. The van der Waals surface area contributed by atoms with E-state index in [9.17, 15) is 22.0 Å². The third-order valence-electron chi connectivity index (χ3n) is 3.02. The minimum absolute atomic E-state index is 0.0451. The Labute approximate surface area is 116 Å². The van der Waals surface area contributed by atoms with E-state index in [2.05, 4.69) is 0 Å². The fourth-order valence-electron chi connectivity index (χ4n) is 1.94. The second-order valence-electron chi connectivity index (χ2n) is 4.56. The molecule has 0 unspecified atom stereocenters. The molecule has 0 saturated heterocycles. The number of aromatic carboxylic acids is 1. The highest BCUT2D eigenvalue weighted by molar-refractivity contribution is 7.92. The zero-order valence-electron chi connectivity index (χ0n) is 11.4. The Kier molecular flexibility index (Phi) is 4.86. The van der Waals surface area contributed by atoms with Gasteiger partial charge in [0.2, 0.25) is 0 Å². The van der Waals surface area contributed by atoms with E-state index in [0.29, 0.717) is 0 Å². The highest BCUT2D eigenvalue weighted by atomic mass is 32.2. The van der Waals surface area contributed by atoms with Crippen LogP contribution in [0.4, 0.5) is 8.78 Å². The monoisotopic (exact) mass is 306 g/mol. The van der Waals surface area contributed by atoms with Crippen molar-refractivity contribution in [3.8, 4) is 0 Å². The van der Waals surface area contributed by atoms with Crippen molar-refractivity contribution in [2.75, 3.05) is 0 Å². The Morgan fingerprint density at radius 2 is 1.85 bits per heavy atom. The second kappa shape index (κ2) is 5.87. The van der Waals surface area contributed by atoms with Crippen LogP contribution in [0.15, 0.2) is 17.0 Å². The fraction of sp³-hybridized carbons (Fsp3) is 0.462. The van der Waals surface area contributed by atoms with Crippen LogP contribution in [-0.2, 0) is 16.3 Å². The van der Waals surface area contributed by atoms with E-state index in [1.165, 1.54) is 20.8 Å². The quantitative estimate of drug-likeness (QED) is 0.907. The van der Waals surface area contributed by atoms with Crippen LogP contribution in [0.3, 0.4) is 0 Å². The van der Waals surface area contributed by atoms with E-state index in [4.69, 9.17) is 5.11 Å². The van der Waals surface area contributed by atoms with E-state index in [0.717, 1.165) is 12.1 Å². The van der Waals surface area contributed by atoms with Crippen molar-refractivity contribution in [2.45, 2.75) is 43.8 Å². The van der Waals surface area contributed by atoms with Gasteiger partial charge in [0.15, 0.2) is 9.84 Å². The Hall–Kier alpha value is -1.50. The molecule has 0 saturated carbocycles. The molecule has 0 aliphatic heterocycles. The molecule has 0 aliphatic rings. The SMILES string of the molecule is CCc1c(C(=O)O)ccc(C(F)F)c1S(=O)(=O)C(C)C. The molecule has 20 heavy (non-hydrogen) atoms. The van der Waals surface area contributed by atoms with Gasteiger partial charge in [0.05, 0.1) is 15.7 Å². The Bertz CT molecular complexity index is 622. The lowest BCUT2D eigenvalue weighted by molar-refractivity contribution is 0.0694. The number of rotatable bonds is 5. The molecular weight excluding hydrogens is 290 g/mol. The molecule has 0 atom stereocenters. The number of carbonyl (C=O) groups is 1. The van der Waals surface area contributed by atoms with E-state index in [1.807, 2.05) is 0 Å². The van der Waals surface area contributed by atoms with E-state index < -0.39 is 37.9 Å². The maximum atomic E-state index is 13.1. The molecular formula is C13H16F2O4S. The van der Waals surface area contributed by atoms with Gasteiger partial charge < -0.3 is 5.11 Å². The zero-order chi connectivity index (χ0) is 15.7. The first-order valence-corrected chi connectivity index (χ1v) is 7.60. The molecule has 4 nitrogen and oxygen atoms in total. The molecule has 1 aromatic rings. The summed E-state index contributed by atoms with van der Waals surface area (Å²) in [6, 6.07) is 1.91. The van der Waals surface area contributed by atoms with E-state index in [1.54, 1.807) is 0 Å². The van der Waals surface area contributed by atoms with Crippen LogP contribution in [0, 0.1) is 0 Å². The normalized spacial score (nSPS) is 12.2. The minimum atomic E-state index is -3.99. The Morgan fingerprint density at radius 1 is 1.30 bits per heavy atom. The van der Waals surface area contributed by atoms with Crippen molar-refractivity contribution in [2.24, 2.45) is 0 Å². The van der Waals surface area contributed by atoms with Gasteiger partial charge in [-0.2, -0.15) is 0 Å². The van der Waals surface area contributed by atoms with Crippen LogP contribution < -0.4 is 0 Å². The van der Waals surface area contributed by atoms with Crippen molar-refractivity contribution in [1.82, 2.24) is 0 Å². The number of hydrogen-bond donors (Lipinski definition) is 1. The van der Waals surface area contributed by atoms with Gasteiger partial charge in [-0.05, 0) is 31.9 Å². The summed E-state index contributed by atoms with van der Waals surface area (Å²) < 4.78 is 50.7. The van der Waals surface area contributed by atoms with E-state index >= 15 is 0 Å². The van der Waals surface area contributed by atoms with Crippen LogP contribution in [0.5, 0.6) is 0 Å². The van der Waals surface area contributed by atoms with Crippen molar-refractivity contribution >= 4 is 15.8 Å². The van der Waals surface area contributed by atoms with E-state index in [-0.39, 0.29) is 17.5 Å². The molecule has 112 valence electrons. The number of sulfone groups is 1. The van der Waals surface area contributed by atoms with Crippen LogP contribution in [-0.4, -0.2) is 24.7 Å². The van der Waals surface area contributed by atoms with Crippen molar-refractivity contribution in [1.29, 1.82) is 0 Å². The van der Waals surface area contributed by atoms with Crippen molar-refractivity contribution < 1.29 is 27.1 Å². The molecule has 7 heteroatoms. The number of halogens is 2. The number of hydrogen-bond acceptors (Lipinski definition) is 3. The van der Waals surface area contributed by atoms with Crippen LogP contribution >= 0.6 is 0 Å². The first-order chi connectivity index (χ1) is 9.14. The lowest BCUT2D eigenvalue weighted by Crippen LogP contribution is -2.20. The van der Waals surface area contributed by atoms with Gasteiger partial charge in [-0.15, -0.1) is 0 Å².